The van der Waals surface area contributed by atoms with Crippen LogP contribution < -0.4 is 0 Å². The Morgan fingerprint density at radius 1 is 1.20 bits per heavy atom. The number of nitrogens with zero attached hydrogens (tertiary/aromatic N) is 4. The predicted molar refractivity (Wildman–Crippen MR) is 92.0 cm³/mol. The number of piperidine rings is 3. The highest BCUT2D eigenvalue weighted by atomic mass is 16.2. The lowest BCUT2D eigenvalue weighted by atomic mass is 9.76. The minimum absolute atomic E-state index is 0.0754. The van der Waals surface area contributed by atoms with Crippen molar-refractivity contribution in [3.63, 3.8) is 0 Å². The molecule has 2 aromatic rings. The van der Waals surface area contributed by atoms with E-state index in [0.717, 1.165) is 44.4 Å². The number of hydrogen-bond acceptors (Lipinski definition) is 3. The van der Waals surface area contributed by atoms with Crippen LogP contribution in [0.5, 0.6) is 0 Å². The summed E-state index contributed by atoms with van der Waals surface area (Å²) in [4.78, 5) is 29.5. The molecule has 25 heavy (non-hydrogen) atoms. The van der Waals surface area contributed by atoms with Gasteiger partial charge in [0.25, 0.3) is 5.91 Å². The van der Waals surface area contributed by atoms with E-state index < -0.39 is 0 Å². The van der Waals surface area contributed by atoms with E-state index >= 15 is 0 Å². The third kappa shape index (κ3) is 2.34. The van der Waals surface area contributed by atoms with Crippen molar-refractivity contribution in [1.29, 1.82) is 0 Å². The first-order valence-corrected chi connectivity index (χ1v) is 9.22. The van der Waals surface area contributed by atoms with Gasteiger partial charge in [-0.05, 0) is 43.2 Å². The number of rotatable bonds is 1. The Hall–Kier alpha value is -2.37. The van der Waals surface area contributed by atoms with Crippen LogP contribution >= 0.6 is 0 Å². The van der Waals surface area contributed by atoms with Gasteiger partial charge in [0.05, 0.1) is 17.3 Å². The molecule has 0 aromatic carbocycles. The van der Waals surface area contributed by atoms with Crippen molar-refractivity contribution in [3.05, 3.63) is 36.2 Å². The van der Waals surface area contributed by atoms with Crippen molar-refractivity contribution in [2.45, 2.75) is 31.7 Å². The van der Waals surface area contributed by atoms with E-state index in [-0.39, 0.29) is 5.91 Å². The highest BCUT2D eigenvalue weighted by molar-refractivity contribution is 6.00. The van der Waals surface area contributed by atoms with Crippen LogP contribution in [0.4, 0.5) is 0 Å². The lowest BCUT2D eigenvalue weighted by Crippen LogP contribution is -2.61. The van der Waals surface area contributed by atoms with Gasteiger partial charge in [-0.2, -0.15) is 5.10 Å². The first kappa shape index (κ1) is 14.9. The summed E-state index contributed by atoms with van der Waals surface area (Å²) in [5.41, 5.74) is 1.54. The summed E-state index contributed by atoms with van der Waals surface area (Å²) < 4.78 is 1.75. The van der Waals surface area contributed by atoms with Crippen LogP contribution in [0.15, 0.2) is 30.6 Å². The Morgan fingerprint density at radius 3 is 3.04 bits per heavy atom. The topological polar surface area (TPSA) is 57.9 Å². The number of amides is 2. The third-order valence-electron chi connectivity index (χ3n) is 6.12. The maximum Gasteiger partial charge on any atom is 0.257 e. The molecule has 2 bridgehead atoms. The van der Waals surface area contributed by atoms with E-state index in [1.807, 2.05) is 29.3 Å². The molecule has 2 amide bonds. The lowest BCUT2D eigenvalue weighted by Gasteiger charge is -2.52. The average Bonchev–Trinajstić information content (AvgIpc) is 3.06. The first-order chi connectivity index (χ1) is 12.2. The molecule has 0 spiro atoms. The minimum atomic E-state index is 0.0754. The van der Waals surface area contributed by atoms with E-state index in [9.17, 15) is 9.59 Å². The first-order valence-electron chi connectivity index (χ1n) is 9.22. The van der Waals surface area contributed by atoms with Crippen LogP contribution in [0.2, 0.25) is 0 Å². The van der Waals surface area contributed by atoms with E-state index in [2.05, 4.69) is 10.00 Å². The van der Waals surface area contributed by atoms with Gasteiger partial charge < -0.3 is 9.80 Å². The van der Waals surface area contributed by atoms with Gasteiger partial charge in [-0.25, -0.2) is 4.52 Å². The van der Waals surface area contributed by atoms with Gasteiger partial charge in [0.15, 0.2) is 0 Å². The summed E-state index contributed by atoms with van der Waals surface area (Å²) in [6, 6.07) is 6.11. The number of hydrogen-bond donors (Lipinski definition) is 0. The van der Waals surface area contributed by atoms with Crippen LogP contribution in [0.25, 0.3) is 5.52 Å². The van der Waals surface area contributed by atoms with Crippen molar-refractivity contribution in [2.24, 2.45) is 11.8 Å². The quantitative estimate of drug-likeness (QED) is 0.797. The predicted octanol–water partition coefficient (Wildman–Crippen LogP) is 1.81. The largest absolute Gasteiger partial charge is 0.339 e. The molecule has 0 saturated carbocycles. The van der Waals surface area contributed by atoms with Crippen molar-refractivity contribution in [1.82, 2.24) is 19.4 Å². The summed E-state index contributed by atoms with van der Waals surface area (Å²) in [6.07, 6.45) is 7.46. The highest BCUT2D eigenvalue weighted by Gasteiger charge is 2.45. The summed E-state index contributed by atoms with van der Waals surface area (Å²) in [5, 5.41) is 4.30. The van der Waals surface area contributed by atoms with Gasteiger partial charge in [-0.1, -0.05) is 6.07 Å². The standard InChI is InChI=1S/C19H22N4O2/c24-18-6-3-5-16-14-8-13(11-22(16)18)10-21(12-14)19(25)15-9-20-23-7-2-1-4-17(15)23/h1-2,4,7,9,13-14,16H,3,5-6,8,10-12H2/t13-,14-,16+/m1/s1. The molecule has 0 aliphatic carbocycles. The number of fused-ring (bicyclic) bond motifs is 5. The van der Waals surface area contributed by atoms with Crippen molar-refractivity contribution >= 4 is 17.3 Å². The molecule has 5 rings (SSSR count). The fourth-order valence-corrected chi connectivity index (χ4v) is 5.05. The Labute approximate surface area is 146 Å². The second-order valence-corrected chi connectivity index (χ2v) is 7.67. The second-order valence-electron chi connectivity index (χ2n) is 7.67. The van der Waals surface area contributed by atoms with Crippen molar-refractivity contribution in [3.8, 4) is 0 Å². The zero-order valence-electron chi connectivity index (χ0n) is 14.2. The minimum Gasteiger partial charge on any atom is -0.339 e. The fourth-order valence-electron chi connectivity index (χ4n) is 5.05. The number of pyridine rings is 1. The molecule has 130 valence electrons. The molecular formula is C19H22N4O2. The molecule has 6 heteroatoms. The van der Waals surface area contributed by atoms with Crippen LogP contribution in [0.1, 0.15) is 36.0 Å². The lowest BCUT2D eigenvalue weighted by molar-refractivity contribution is -0.144. The number of aromatic nitrogens is 2. The Kier molecular flexibility index (Phi) is 3.33. The zero-order valence-corrected chi connectivity index (χ0v) is 14.2. The van der Waals surface area contributed by atoms with E-state index in [1.54, 1.807) is 10.7 Å². The number of carbonyl (C=O) groups is 2. The maximum atomic E-state index is 13.1. The third-order valence-corrected chi connectivity index (χ3v) is 6.12. The molecular weight excluding hydrogens is 316 g/mol. The molecule has 0 radical (unpaired) electrons. The fraction of sp³-hybridized carbons (Fsp3) is 0.526. The molecule has 2 aromatic heterocycles. The number of likely N-dealkylation sites (tertiary alicyclic amines) is 1. The second kappa shape index (κ2) is 5.58. The molecule has 5 heterocycles. The van der Waals surface area contributed by atoms with Crippen LogP contribution in [-0.2, 0) is 4.79 Å². The molecule has 3 fully saturated rings. The van der Waals surface area contributed by atoms with Gasteiger partial charge >= 0.3 is 0 Å². The van der Waals surface area contributed by atoms with E-state index in [1.165, 1.54) is 0 Å². The molecule has 3 aliphatic heterocycles. The summed E-state index contributed by atoms with van der Waals surface area (Å²) in [7, 11) is 0. The highest BCUT2D eigenvalue weighted by Crippen LogP contribution is 2.38. The molecule has 6 nitrogen and oxygen atoms in total. The van der Waals surface area contributed by atoms with Crippen molar-refractivity contribution in [2.75, 3.05) is 19.6 Å². The Bertz CT molecular complexity index is 845. The van der Waals surface area contributed by atoms with Crippen LogP contribution in [-0.4, -0.2) is 56.9 Å². The normalized spacial score (nSPS) is 29.0. The summed E-state index contributed by atoms with van der Waals surface area (Å²) in [6.45, 7) is 2.32. The average molecular weight is 338 g/mol. The van der Waals surface area contributed by atoms with Crippen LogP contribution in [0, 0.1) is 11.8 Å². The van der Waals surface area contributed by atoms with Gasteiger partial charge in [0, 0.05) is 38.3 Å². The van der Waals surface area contributed by atoms with Crippen LogP contribution in [0.3, 0.4) is 0 Å². The van der Waals surface area contributed by atoms with E-state index in [4.69, 9.17) is 0 Å². The summed E-state index contributed by atoms with van der Waals surface area (Å²) in [5.74, 6) is 1.21. The van der Waals surface area contributed by atoms with E-state index in [0.29, 0.717) is 35.8 Å². The molecule has 3 saturated heterocycles. The molecule has 3 atom stereocenters. The molecule has 3 aliphatic rings. The zero-order chi connectivity index (χ0) is 17.0. The summed E-state index contributed by atoms with van der Waals surface area (Å²) >= 11 is 0. The Balaban J connectivity index is 1.41. The smallest absolute Gasteiger partial charge is 0.257 e. The van der Waals surface area contributed by atoms with Crippen molar-refractivity contribution < 1.29 is 9.59 Å². The van der Waals surface area contributed by atoms with Gasteiger partial charge in [-0.15, -0.1) is 0 Å². The molecule has 0 unspecified atom stereocenters. The monoisotopic (exact) mass is 338 g/mol. The number of carbonyl (C=O) groups excluding carboxylic acids is 2. The maximum absolute atomic E-state index is 13.1. The van der Waals surface area contributed by atoms with Gasteiger partial charge in [0.2, 0.25) is 5.91 Å². The molecule has 0 N–H and O–H groups in total. The Morgan fingerprint density at radius 2 is 2.12 bits per heavy atom. The van der Waals surface area contributed by atoms with Gasteiger partial charge in [0.1, 0.15) is 0 Å². The van der Waals surface area contributed by atoms with Gasteiger partial charge in [-0.3, -0.25) is 9.59 Å². The SMILES string of the molecule is O=C(c1cnn2ccccc12)N1C[C@H]2C[C@H](C1)[C@@H]1CCCC(=O)N1C2.